The molecule has 1 atom stereocenters. The zero-order chi connectivity index (χ0) is 10.8. The minimum atomic E-state index is -1.42. The van der Waals surface area contributed by atoms with E-state index >= 15 is 0 Å². The van der Waals surface area contributed by atoms with E-state index in [1.54, 1.807) is 13.1 Å². The van der Waals surface area contributed by atoms with Crippen molar-refractivity contribution < 1.29 is 5.11 Å². The topological polar surface area (TPSA) is 33.1 Å². The van der Waals surface area contributed by atoms with Gasteiger partial charge in [-0.05, 0) is 6.92 Å². The van der Waals surface area contributed by atoms with Crippen LogP contribution in [0.2, 0.25) is 19.6 Å². The zero-order valence-electron chi connectivity index (χ0n) is 8.96. The number of aromatic nitrogens is 1. The highest BCUT2D eigenvalue weighted by molar-refractivity contribution is 7.09. The maximum absolute atomic E-state index is 10.0. The second-order valence-corrected chi connectivity index (χ2v) is 10.1. The summed E-state index contributed by atoms with van der Waals surface area (Å²) < 4.78 is 0. The average Bonchev–Trinajstić information content (AvgIpc) is 2.52. The Morgan fingerprint density at radius 1 is 1.50 bits per heavy atom. The summed E-state index contributed by atoms with van der Waals surface area (Å²) in [6.45, 7) is 8.15. The van der Waals surface area contributed by atoms with Crippen LogP contribution in [0.4, 0.5) is 0 Å². The van der Waals surface area contributed by atoms with Gasteiger partial charge >= 0.3 is 0 Å². The van der Waals surface area contributed by atoms with E-state index in [1.165, 1.54) is 11.3 Å². The molecule has 0 bridgehead atoms. The second-order valence-electron chi connectivity index (χ2n) is 4.41. The van der Waals surface area contributed by atoms with Gasteiger partial charge in [-0.25, -0.2) is 4.98 Å². The van der Waals surface area contributed by atoms with E-state index < -0.39 is 13.7 Å². The molecule has 0 amide bonds. The lowest BCUT2D eigenvalue weighted by Crippen LogP contribution is -2.22. The van der Waals surface area contributed by atoms with Crippen molar-refractivity contribution in [3.8, 4) is 11.5 Å². The Balaban J connectivity index is 2.91. The fourth-order valence-electron chi connectivity index (χ4n) is 0.827. The molecule has 0 aromatic carbocycles. The van der Waals surface area contributed by atoms with Crippen LogP contribution in [0.25, 0.3) is 0 Å². The molecule has 0 spiro atoms. The fraction of sp³-hybridized carbons (Fsp3) is 0.500. The highest BCUT2D eigenvalue weighted by Crippen LogP contribution is 2.21. The quantitative estimate of drug-likeness (QED) is 0.587. The summed E-state index contributed by atoms with van der Waals surface area (Å²) in [5.41, 5.74) is 2.07. The van der Waals surface area contributed by atoms with E-state index in [1.807, 2.05) is 5.38 Å². The van der Waals surface area contributed by atoms with Crippen LogP contribution in [0, 0.1) is 11.5 Å². The van der Waals surface area contributed by atoms with Gasteiger partial charge in [-0.15, -0.1) is 16.9 Å². The Morgan fingerprint density at radius 3 is 2.57 bits per heavy atom. The molecule has 1 aromatic rings. The van der Waals surface area contributed by atoms with E-state index in [0.717, 1.165) is 0 Å². The first-order chi connectivity index (χ1) is 6.31. The van der Waals surface area contributed by atoms with Crippen LogP contribution in [-0.2, 0) is 5.60 Å². The summed E-state index contributed by atoms with van der Waals surface area (Å²) in [4.78, 5) is 4.07. The number of thiazole rings is 1. The zero-order valence-corrected chi connectivity index (χ0v) is 10.8. The Morgan fingerprint density at radius 2 is 2.14 bits per heavy atom. The normalized spacial score (nSPS) is 15.5. The van der Waals surface area contributed by atoms with Crippen molar-refractivity contribution in [1.82, 2.24) is 4.98 Å². The van der Waals surface area contributed by atoms with Crippen molar-refractivity contribution in [2.75, 3.05) is 0 Å². The first-order valence-electron chi connectivity index (χ1n) is 4.48. The summed E-state index contributed by atoms with van der Waals surface area (Å²) in [5.74, 6) is 2.92. The van der Waals surface area contributed by atoms with Gasteiger partial charge in [0.15, 0.2) is 5.60 Å². The lowest BCUT2D eigenvalue weighted by molar-refractivity contribution is 0.122. The molecular formula is C10H15NOSSi. The third-order valence-electron chi connectivity index (χ3n) is 1.53. The molecule has 0 aliphatic carbocycles. The van der Waals surface area contributed by atoms with E-state index in [9.17, 15) is 5.11 Å². The van der Waals surface area contributed by atoms with Gasteiger partial charge in [0, 0.05) is 11.6 Å². The standard InChI is InChI=1S/C10H15NOSSi/c1-10(12,5-8-14(2,3)4)9-11-6-7-13-9/h6-7,12H,1-4H3/t10-/m1/s1. The smallest absolute Gasteiger partial charge is 0.173 e. The average molecular weight is 225 g/mol. The van der Waals surface area contributed by atoms with Gasteiger partial charge < -0.3 is 5.11 Å². The Kier molecular flexibility index (Phi) is 3.15. The Bertz CT molecular complexity index is 354. The molecule has 0 radical (unpaired) electrons. The van der Waals surface area contributed by atoms with Crippen molar-refractivity contribution in [2.24, 2.45) is 0 Å². The number of rotatable bonds is 1. The molecule has 0 saturated heterocycles. The molecule has 4 heteroatoms. The molecular weight excluding hydrogens is 210 g/mol. The molecule has 76 valence electrons. The van der Waals surface area contributed by atoms with Crippen LogP contribution in [0.15, 0.2) is 11.6 Å². The lowest BCUT2D eigenvalue weighted by Gasteiger charge is -2.14. The van der Waals surface area contributed by atoms with Crippen molar-refractivity contribution >= 4 is 19.4 Å². The van der Waals surface area contributed by atoms with Gasteiger partial charge in [0.25, 0.3) is 0 Å². The number of hydrogen-bond acceptors (Lipinski definition) is 3. The maximum atomic E-state index is 10.0. The molecule has 0 aliphatic rings. The highest BCUT2D eigenvalue weighted by Gasteiger charge is 2.23. The molecule has 14 heavy (non-hydrogen) atoms. The largest absolute Gasteiger partial charge is 0.371 e. The number of hydrogen-bond donors (Lipinski definition) is 1. The molecule has 2 nitrogen and oxygen atoms in total. The van der Waals surface area contributed by atoms with Crippen LogP contribution in [0.3, 0.4) is 0 Å². The minimum Gasteiger partial charge on any atom is -0.371 e. The first-order valence-corrected chi connectivity index (χ1v) is 8.86. The second kappa shape index (κ2) is 3.85. The Hall–Kier alpha value is -0.633. The molecule has 1 heterocycles. The monoisotopic (exact) mass is 225 g/mol. The van der Waals surface area contributed by atoms with Gasteiger partial charge in [0.05, 0.1) is 0 Å². The van der Waals surface area contributed by atoms with Crippen molar-refractivity contribution in [3.05, 3.63) is 16.6 Å². The van der Waals surface area contributed by atoms with E-state index in [-0.39, 0.29) is 0 Å². The van der Waals surface area contributed by atoms with Crippen LogP contribution in [0.1, 0.15) is 11.9 Å². The molecule has 0 fully saturated rings. The van der Waals surface area contributed by atoms with Gasteiger partial charge in [0.2, 0.25) is 0 Å². The number of aliphatic hydroxyl groups is 1. The van der Waals surface area contributed by atoms with Crippen LogP contribution in [0.5, 0.6) is 0 Å². The van der Waals surface area contributed by atoms with Gasteiger partial charge in [0.1, 0.15) is 13.1 Å². The molecule has 0 unspecified atom stereocenters. The minimum absolute atomic E-state index is 0.670. The third-order valence-corrected chi connectivity index (χ3v) is 3.39. The summed E-state index contributed by atoms with van der Waals surface area (Å²) in [7, 11) is -1.42. The first kappa shape index (κ1) is 11.4. The van der Waals surface area contributed by atoms with Crippen molar-refractivity contribution in [2.45, 2.75) is 32.2 Å². The summed E-state index contributed by atoms with van der Waals surface area (Å²) in [6.07, 6.45) is 1.69. The molecule has 1 N–H and O–H groups in total. The third kappa shape index (κ3) is 3.26. The molecule has 0 aliphatic heterocycles. The maximum Gasteiger partial charge on any atom is 0.173 e. The lowest BCUT2D eigenvalue weighted by atomic mass is 10.1. The van der Waals surface area contributed by atoms with E-state index in [2.05, 4.69) is 36.1 Å². The van der Waals surface area contributed by atoms with Crippen molar-refractivity contribution in [1.29, 1.82) is 0 Å². The van der Waals surface area contributed by atoms with Crippen molar-refractivity contribution in [3.63, 3.8) is 0 Å². The fourth-order valence-corrected chi connectivity index (χ4v) is 2.10. The Labute approximate surface area is 90.0 Å². The number of nitrogens with zero attached hydrogens (tertiary/aromatic N) is 1. The van der Waals surface area contributed by atoms with Crippen LogP contribution < -0.4 is 0 Å². The predicted molar refractivity (Wildman–Crippen MR) is 62.8 cm³/mol. The SMILES string of the molecule is C[C@@](O)(C#C[Si](C)(C)C)c1nccs1. The summed E-state index contributed by atoms with van der Waals surface area (Å²) >= 11 is 1.43. The van der Waals surface area contributed by atoms with E-state index in [4.69, 9.17) is 0 Å². The van der Waals surface area contributed by atoms with Crippen LogP contribution in [-0.4, -0.2) is 18.2 Å². The van der Waals surface area contributed by atoms with Gasteiger partial charge in [-0.2, -0.15) is 0 Å². The van der Waals surface area contributed by atoms with Gasteiger partial charge in [-0.3, -0.25) is 0 Å². The van der Waals surface area contributed by atoms with Gasteiger partial charge in [-0.1, -0.05) is 25.6 Å². The highest BCUT2D eigenvalue weighted by atomic mass is 32.1. The molecule has 1 rings (SSSR count). The summed E-state index contributed by atoms with van der Waals surface area (Å²) in [5, 5.41) is 12.6. The van der Waals surface area contributed by atoms with Crippen LogP contribution >= 0.6 is 11.3 Å². The molecule has 0 saturated carbocycles. The van der Waals surface area contributed by atoms with E-state index in [0.29, 0.717) is 5.01 Å². The predicted octanol–water partition coefficient (Wildman–Crippen LogP) is 2.23. The molecule has 1 aromatic heterocycles. The summed E-state index contributed by atoms with van der Waals surface area (Å²) in [6, 6.07) is 0.